The van der Waals surface area contributed by atoms with Crippen molar-refractivity contribution in [2.75, 3.05) is 0 Å². The van der Waals surface area contributed by atoms with E-state index in [0.717, 1.165) is 94.7 Å². The van der Waals surface area contributed by atoms with E-state index in [1.165, 1.54) is 0 Å². The van der Waals surface area contributed by atoms with Crippen LogP contribution in [0.2, 0.25) is 0 Å². The SMILES string of the molecule is C1CCC2CC(C3CCCCC3C3C4CCCCC4C(C4CCCCC4C4CCC5CCCCC5C4)C4CCCCC43)CCC2C1. The van der Waals surface area contributed by atoms with E-state index in [4.69, 9.17) is 0 Å². The summed E-state index contributed by atoms with van der Waals surface area (Å²) in [6.07, 6.45) is 48.3. The molecule has 260 valence electrons. The van der Waals surface area contributed by atoms with Gasteiger partial charge in [-0.15, -0.1) is 0 Å². The van der Waals surface area contributed by atoms with Crippen LogP contribution in [0.15, 0.2) is 0 Å². The second kappa shape index (κ2) is 14.3. The van der Waals surface area contributed by atoms with Crippen molar-refractivity contribution >= 4 is 0 Å². The fourth-order valence-corrected chi connectivity index (χ4v) is 17.3. The minimum Gasteiger partial charge on any atom is -0.0530 e. The van der Waals surface area contributed by atoms with Gasteiger partial charge >= 0.3 is 0 Å². The Morgan fingerprint density at radius 2 is 0.413 bits per heavy atom. The molecule has 9 aliphatic carbocycles. The van der Waals surface area contributed by atoms with Gasteiger partial charge in [-0.3, -0.25) is 0 Å². The van der Waals surface area contributed by atoms with Crippen LogP contribution in [-0.2, 0) is 0 Å². The van der Waals surface area contributed by atoms with Gasteiger partial charge in [0.1, 0.15) is 0 Å². The van der Waals surface area contributed by atoms with Gasteiger partial charge in [-0.25, -0.2) is 0 Å². The van der Waals surface area contributed by atoms with Crippen molar-refractivity contribution in [3.8, 4) is 0 Å². The van der Waals surface area contributed by atoms with E-state index in [2.05, 4.69) is 0 Å². The van der Waals surface area contributed by atoms with Crippen LogP contribution in [0.1, 0.15) is 193 Å². The molecule has 0 aromatic carbocycles. The van der Waals surface area contributed by atoms with Crippen LogP contribution < -0.4 is 0 Å². The molecule has 0 N–H and O–H groups in total. The van der Waals surface area contributed by atoms with E-state index >= 15 is 0 Å². The van der Waals surface area contributed by atoms with Gasteiger partial charge in [-0.1, -0.05) is 103 Å². The van der Waals surface area contributed by atoms with Crippen molar-refractivity contribution in [2.24, 2.45) is 94.7 Å². The van der Waals surface area contributed by atoms with E-state index < -0.39 is 0 Å². The summed E-state index contributed by atoms with van der Waals surface area (Å²) in [5.74, 6) is 18.0. The van der Waals surface area contributed by atoms with Crippen LogP contribution in [0.5, 0.6) is 0 Å². The van der Waals surface area contributed by atoms with E-state index in [1.807, 2.05) is 0 Å². The predicted octanol–water partition coefficient (Wildman–Crippen LogP) is 13.7. The first-order valence-corrected chi connectivity index (χ1v) is 22.8. The largest absolute Gasteiger partial charge is 0.0530 e. The Bertz CT molecular complexity index is 879. The smallest absolute Gasteiger partial charge is 0.0321 e. The molecule has 14 unspecified atom stereocenters. The Morgan fingerprint density at radius 1 is 0.174 bits per heavy atom. The van der Waals surface area contributed by atoms with Crippen LogP contribution in [0, 0.1) is 94.7 Å². The first-order valence-electron chi connectivity index (χ1n) is 22.8. The molecule has 0 spiro atoms. The van der Waals surface area contributed by atoms with Crippen molar-refractivity contribution < 1.29 is 0 Å². The summed E-state index contributed by atoms with van der Waals surface area (Å²) in [5.41, 5.74) is 0. The quantitative estimate of drug-likeness (QED) is 0.290. The molecule has 9 rings (SSSR count). The van der Waals surface area contributed by atoms with Gasteiger partial charge in [0, 0.05) is 0 Å². The molecule has 9 aliphatic rings. The third-order valence-electron chi connectivity index (χ3n) is 18.8. The molecule has 14 atom stereocenters. The molecule has 9 fully saturated rings. The summed E-state index contributed by atoms with van der Waals surface area (Å²) in [6, 6.07) is 0. The average molecular weight is 629 g/mol. The van der Waals surface area contributed by atoms with Gasteiger partial charge in [-0.2, -0.15) is 0 Å². The molecule has 0 radical (unpaired) electrons. The summed E-state index contributed by atoms with van der Waals surface area (Å²) in [6.45, 7) is 0. The van der Waals surface area contributed by atoms with Crippen LogP contribution in [0.25, 0.3) is 0 Å². The highest BCUT2D eigenvalue weighted by atomic mass is 14.6. The highest BCUT2D eigenvalue weighted by molar-refractivity contribution is 5.06. The van der Waals surface area contributed by atoms with Crippen LogP contribution in [-0.4, -0.2) is 0 Å². The predicted molar refractivity (Wildman–Crippen MR) is 194 cm³/mol. The lowest BCUT2D eigenvalue weighted by molar-refractivity contribution is -0.138. The molecule has 0 heterocycles. The molecule has 0 amide bonds. The average Bonchev–Trinajstić information content (AvgIpc) is 3.13. The first-order chi connectivity index (χ1) is 22.8. The van der Waals surface area contributed by atoms with Gasteiger partial charge in [0.05, 0.1) is 0 Å². The summed E-state index contributed by atoms with van der Waals surface area (Å²) in [4.78, 5) is 0. The minimum absolute atomic E-state index is 1.11. The molecular formula is C46H76. The zero-order chi connectivity index (χ0) is 30.5. The fraction of sp³-hybridized carbons (Fsp3) is 1.00. The van der Waals surface area contributed by atoms with E-state index in [9.17, 15) is 0 Å². The standard InChI is InChI=1S/C46H76/c1-3-15-33-29-35(27-25-31(33)13-1)37-17-5-7-19-39(37)45-41-21-9-11-23-43(41)46(44-24-12-10-22-42(44)45)40-20-8-6-18-38(40)36-28-26-32-14-2-4-16-34(32)30-36/h31-46H,1-30H2. The van der Waals surface area contributed by atoms with Gasteiger partial charge in [0.15, 0.2) is 0 Å². The maximum atomic E-state index is 1.66. The van der Waals surface area contributed by atoms with E-state index in [0.29, 0.717) is 0 Å². The number of rotatable bonds is 4. The van der Waals surface area contributed by atoms with Crippen molar-refractivity contribution in [1.29, 1.82) is 0 Å². The Morgan fingerprint density at radius 3 is 0.761 bits per heavy atom. The third-order valence-corrected chi connectivity index (χ3v) is 18.8. The van der Waals surface area contributed by atoms with Crippen molar-refractivity contribution in [2.45, 2.75) is 193 Å². The summed E-state index contributed by atoms with van der Waals surface area (Å²) >= 11 is 0. The Hall–Kier alpha value is 0. The summed E-state index contributed by atoms with van der Waals surface area (Å²) in [7, 11) is 0. The topological polar surface area (TPSA) is 0 Å². The van der Waals surface area contributed by atoms with E-state index in [-0.39, 0.29) is 0 Å². The van der Waals surface area contributed by atoms with Crippen molar-refractivity contribution in [3.63, 3.8) is 0 Å². The zero-order valence-electron chi connectivity index (χ0n) is 30.5. The lowest BCUT2D eigenvalue weighted by Gasteiger charge is -2.62. The summed E-state index contributed by atoms with van der Waals surface area (Å²) in [5, 5.41) is 0. The lowest BCUT2D eigenvalue weighted by Crippen LogP contribution is -2.56. The normalized spacial score (nSPS) is 53.2. The van der Waals surface area contributed by atoms with Crippen LogP contribution >= 0.6 is 0 Å². The van der Waals surface area contributed by atoms with Gasteiger partial charge in [0.25, 0.3) is 0 Å². The molecule has 46 heavy (non-hydrogen) atoms. The maximum Gasteiger partial charge on any atom is -0.0321 e. The highest BCUT2D eigenvalue weighted by Gasteiger charge is 2.57. The Kier molecular flexibility index (Phi) is 9.94. The fourth-order valence-electron chi connectivity index (χ4n) is 17.3. The second-order valence-corrected chi connectivity index (χ2v) is 20.4. The van der Waals surface area contributed by atoms with Gasteiger partial charge in [-0.05, 0) is 185 Å². The third kappa shape index (κ3) is 6.05. The number of hydrogen-bond acceptors (Lipinski definition) is 0. The second-order valence-electron chi connectivity index (χ2n) is 20.4. The molecule has 0 heteroatoms. The molecular weight excluding hydrogens is 553 g/mol. The molecule has 0 aromatic heterocycles. The minimum atomic E-state index is 1.11. The monoisotopic (exact) mass is 629 g/mol. The first kappa shape index (κ1) is 31.9. The van der Waals surface area contributed by atoms with Gasteiger partial charge < -0.3 is 0 Å². The lowest BCUT2D eigenvalue weighted by atomic mass is 9.43. The molecule has 0 bridgehead atoms. The summed E-state index contributed by atoms with van der Waals surface area (Å²) < 4.78 is 0. The molecule has 0 aliphatic heterocycles. The van der Waals surface area contributed by atoms with Crippen molar-refractivity contribution in [1.82, 2.24) is 0 Å². The number of fused-ring (bicyclic) bond motifs is 4. The van der Waals surface area contributed by atoms with Crippen molar-refractivity contribution in [3.05, 3.63) is 0 Å². The van der Waals surface area contributed by atoms with Crippen LogP contribution in [0.3, 0.4) is 0 Å². The molecule has 0 aromatic rings. The number of hydrogen-bond donors (Lipinski definition) is 0. The molecule has 0 nitrogen and oxygen atoms in total. The zero-order valence-corrected chi connectivity index (χ0v) is 30.5. The molecule has 9 saturated carbocycles. The maximum absolute atomic E-state index is 1.66. The Balaban J connectivity index is 0.997. The Labute approximate surface area is 286 Å². The van der Waals surface area contributed by atoms with E-state index in [1.54, 1.807) is 193 Å². The highest BCUT2D eigenvalue weighted by Crippen LogP contribution is 2.65. The van der Waals surface area contributed by atoms with Crippen LogP contribution in [0.4, 0.5) is 0 Å². The molecule has 0 saturated heterocycles. The van der Waals surface area contributed by atoms with Gasteiger partial charge in [0.2, 0.25) is 0 Å².